The van der Waals surface area contributed by atoms with E-state index in [1.165, 1.54) is 5.56 Å². The van der Waals surface area contributed by atoms with Crippen molar-refractivity contribution in [1.82, 2.24) is 14.5 Å². The second-order valence-corrected chi connectivity index (χ2v) is 5.84. The lowest BCUT2D eigenvalue weighted by Crippen LogP contribution is -2.08. The van der Waals surface area contributed by atoms with Crippen LogP contribution in [0.2, 0.25) is 0 Å². The van der Waals surface area contributed by atoms with Crippen molar-refractivity contribution >= 4 is 5.82 Å². The number of benzene rings is 1. The number of imidazole rings is 1. The first-order valence-corrected chi connectivity index (χ1v) is 8.01. The van der Waals surface area contributed by atoms with Crippen molar-refractivity contribution in [2.75, 3.05) is 5.32 Å². The fraction of sp³-hybridized carbons (Fsp3) is 0.263. The molecule has 2 heterocycles. The summed E-state index contributed by atoms with van der Waals surface area (Å²) in [5, 5.41) is 3.42. The largest absolute Gasteiger partial charge is 0.486 e. The lowest BCUT2D eigenvalue weighted by molar-refractivity contribution is 0.291. The second-order valence-electron chi connectivity index (χ2n) is 5.84. The van der Waals surface area contributed by atoms with Crippen molar-refractivity contribution in [3.05, 3.63) is 71.9 Å². The number of rotatable bonds is 6. The minimum atomic E-state index is 0.169. The molecule has 0 radical (unpaired) electrons. The molecule has 2 aromatic heterocycles. The molecule has 0 aliphatic rings. The van der Waals surface area contributed by atoms with Gasteiger partial charge in [0.05, 0.1) is 0 Å². The van der Waals surface area contributed by atoms with Gasteiger partial charge in [0.1, 0.15) is 24.0 Å². The molecule has 24 heavy (non-hydrogen) atoms. The van der Waals surface area contributed by atoms with Crippen LogP contribution in [0.1, 0.15) is 30.0 Å². The van der Waals surface area contributed by atoms with Crippen LogP contribution in [0.3, 0.4) is 0 Å². The molecule has 3 aromatic rings. The summed E-state index contributed by atoms with van der Waals surface area (Å²) in [5.41, 5.74) is 2.19. The molecule has 0 unspecified atom stereocenters. The predicted octanol–water partition coefficient (Wildman–Crippen LogP) is 3.88. The molecule has 0 saturated carbocycles. The van der Waals surface area contributed by atoms with Crippen molar-refractivity contribution in [2.45, 2.75) is 26.5 Å². The van der Waals surface area contributed by atoms with E-state index < -0.39 is 0 Å². The van der Waals surface area contributed by atoms with Crippen LogP contribution in [0.15, 0.2) is 54.9 Å². The number of aryl methyl sites for hydroxylation is 2. The maximum absolute atomic E-state index is 5.78. The molecule has 0 saturated heterocycles. The smallest absolute Gasteiger partial charge is 0.146 e. The highest BCUT2D eigenvalue weighted by Crippen LogP contribution is 2.21. The molecule has 0 spiro atoms. The Balaban J connectivity index is 1.60. The zero-order valence-electron chi connectivity index (χ0n) is 14.2. The standard InChI is InChI=1S/C19H22N4O/c1-14-5-4-6-18(21-14)22-15(2)16-7-9-17(10-8-16)24-13-19-20-11-12-23(19)3/h4-12,15H,13H2,1-3H3,(H,21,22)/t15-/m0/s1. The zero-order valence-corrected chi connectivity index (χ0v) is 14.2. The monoisotopic (exact) mass is 322 g/mol. The third-order valence-corrected chi connectivity index (χ3v) is 3.92. The third kappa shape index (κ3) is 3.93. The van der Waals surface area contributed by atoms with Crippen molar-refractivity contribution in [1.29, 1.82) is 0 Å². The van der Waals surface area contributed by atoms with Gasteiger partial charge in [-0.05, 0) is 43.7 Å². The molecule has 0 aliphatic carbocycles. The lowest BCUT2D eigenvalue weighted by Gasteiger charge is -2.16. The van der Waals surface area contributed by atoms with Crippen LogP contribution < -0.4 is 10.1 Å². The minimum absolute atomic E-state index is 0.169. The Bertz CT molecular complexity index is 795. The molecule has 1 N–H and O–H groups in total. The Morgan fingerprint density at radius 1 is 1.17 bits per heavy atom. The summed E-state index contributed by atoms with van der Waals surface area (Å²) in [7, 11) is 1.96. The summed E-state index contributed by atoms with van der Waals surface area (Å²) in [4.78, 5) is 8.73. The van der Waals surface area contributed by atoms with Crippen LogP contribution in [0.5, 0.6) is 5.75 Å². The highest BCUT2D eigenvalue weighted by Gasteiger charge is 2.07. The van der Waals surface area contributed by atoms with E-state index in [1.54, 1.807) is 6.20 Å². The first-order chi connectivity index (χ1) is 11.6. The number of hydrogen-bond acceptors (Lipinski definition) is 4. The van der Waals surface area contributed by atoms with Crippen LogP contribution in [0, 0.1) is 6.92 Å². The maximum Gasteiger partial charge on any atom is 0.146 e. The van der Waals surface area contributed by atoms with E-state index in [9.17, 15) is 0 Å². The summed E-state index contributed by atoms with van der Waals surface area (Å²) in [6.07, 6.45) is 3.68. The van der Waals surface area contributed by atoms with E-state index in [1.807, 2.05) is 55.1 Å². The van der Waals surface area contributed by atoms with Gasteiger partial charge in [0, 0.05) is 31.2 Å². The van der Waals surface area contributed by atoms with Crippen molar-refractivity contribution in [3.8, 4) is 5.75 Å². The molecule has 5 nitrogen and oxygen atoms in total. The molecular formula is C19H22N4O. The van der Waals surface area contributed by atoms with E-state index in [0.29, 0.717) is 6.61 Å². The molecule has 1 atom stereocenters. The number of nitrogens with one attached hydrogen (secondary N) is 1. The Hall–Kier alpha value is -2.82. The number of pyridine rings is 1. The van der Waals surface area contributed by atoms with Gasteiger partial charge in [-0.3, -0.25) is 0 Å². The predicted molar refractivity (Wildman–Crippen MR) is 95.0 cm³/mol. The molecular weight excluding hydrogens is 300 g/mol. The van der Waals surface area contributed by atoms with E-state index in [-0.39, 0.29) is 6.04 Å². The fourth-order valence-electron chi connectivity index (χ4n) is 2.46. The van der Waals surface area contributed by atoms with Gasteiger partial charge < -0.3 is 14.6 Å². The summed E-state index contributed by atoms with van der Waals surface area (Å²) < 4.78 is 7.74. The molecule has 3 rings (SSSR count). The molecule has 0 bridgehead atoms. The fourth-order valence-corrected chi connectivity index (χ4v) is 2.46. The van der Waals surface area contributed by atoms with Crippen molar-refractivity contribution in [3.63, 3.8) is 0 Å². The first kappa shape index (κ1) is 16.1. The molecule has 0 amide bonds. The van der Waals surface area contributed by atoms with E-state index >= 15 is 0 Å². The number of anilines is 1. The average Bonchev–Trinajstić information content (AvgIpc) is 2.98. The number of hydrogen-bond donors (Lipinski definition) is 1. The third-order valence-electron chi connectivity index (χ3n) is 3.92. The van der Waals surface area contributed by atoms with Gasteiger partial charge in [-0.2, -0.15) is 0 Å². The van der Waals surface area contributed by atoms with E-state index in [2.05, 4.69) is 34.3 Å². The minimum Gasteiger partial charge on any atom is -0.486 e. The van der Waals surface area contributed by atoms with Gasteiger partial charge in [0.2, 0.25) is 0 Å². The van der Waals surface area contributed by atoms with Gasteiger partial charge in [-0.25, -0.2) is 9.97 Å². The van der Waals surface area contributed by atoms with Crippen LogP contribution >= 0.6 is 0 Å². The summed E-state index contributed by atoms with van der Waals surface area (Å²) >= 11 is 0. The van der Waals surface area contributed by atoms with Crippen LogP contribution in [-0.2, 0) is 13.7 Å². The average molecular weight is 322 g/mol. The first-order valence-electron chi connectivity index (χ1n) is 8.01. The summed E-state index contributed by atoms with van der Waals surface area (Å²) in [5.74, 6) is 2.62. The van der Waals surface area contributed by atoms with Crippen molar-refractivity contribution in [2.24, 2.45) is 7.05 Å². The van der Waals surface area contributed by atoms with Gasteiger partial charge >= 0.3 is 0 Å². The van der Waals surface area contributed by atoms with Crippen LogP contribution in [0.25, 0.3) is 0 Å². The molecule has 0 aliphatic heterocycles. The van der Waals surface area contributed by atoms with Crippen LogP contribution in [-0.4, -0.2) is 14.5 Å². The highest BCUT2D eigenvalue weighted by molar-refractivity contribution is 5.39. The van der Waals surface area contributed by atoms with Gasteiger partial charge in [0.15, 0.2) is 0 Å². The Morgan fingerprint density at radius 2 is 1.96 bits per heavy atom. The summed E-state index contributed by atoms with van der Waals surface area (Å²) in [6.45, 7) is 4.57. The molecule has 0 fully saturated rings. The number of ether oxygens (including phenoxy) is 1. The van der Waals surface area contributed by atoms with Crippen LogP contribution in [0.4, 0.5) is 5.82 Å². The van der Waals surface area contributed by atoms with E-state index in [0.717, 1.165) is 23.1 Å². The molecule has 5 heteroatoms. The Labute approximate surface area is 142 Å². The van der Waals surface area contributed by atoms with Gasteiger partial charge in [-0.1, -0.05) is 18.2 Å². The Morgan fingerprint density at radius 3 is 2.62 bits per heavy atom. The van der Waals surface area contributed by atoms with Gasteiger partial charge in [0.25, 0.3) is 0 Å². The molecule has 124 valence electrons. The topological polar surface area (TPSA) is 52.0 Å². The lowest BCUT2D eigenvalue weighted by atomic mass is 10.1. The second kappa shape index (κ2) is 7.17. The summed E-state index contributed by atoms with van der Waals surface area (Å²) in [6, 6.07) is 14.3. The van der Waals surface area contributed by atoms with Gasteiger partial charge in [-0.15, -0.1) is 0 Å². The quantitative estimate of drug-likeness (QED) is 0.748. The zero-order chi connectivity index (χ0) is 16.9. The SMILES string of the molecule is Cc1cccc(N[C@@H](C)c2ccc(OCc3nccn3C)cc2)n1. The normalized spacial score (nSPS) is 12.0. The maximum atomic E-state index is 5.78. The Kier molecular flexibility index (Phi) is 4.79. The number of nitrogens with zero attached hydrogens (tertiary/aromatic N) is 3. The highest BCUT2D eigenvalue weighted by atomic mass is 16.5. The number of aromatic nitrogens is 3. The molecule has 1 aromatic carbocycles. The van der Waals surface area contributed by atoms with Crippen molar-refractivity contribution < 1.29 is 4.74 Å². The van der Waals surface area contributed by atoms with E-state index in [4.69, 9.17) is 4.74 Å².